The van der Waals surface area contributed by atoms with Crippen LogP contribution in [0.4, 0.5) is 11.5 Å². The zero-order valence-corrected chi connectivity index (χ0v) is 13.8. The van der Waals surface area contributed by atoms with Crippen LogP contribution >= 0.6 is 11.6 Å². The fourth-order valence-corrected chi connectivity index (χ4v) is 3.02. The molecule has 3 aromatic rings. The van der Waals surface area contributed by atoms with Crippen LogP contribution in [0, 0.1) is 0 Å². The first kappa shape index (κ1) is 15.0. The molecule has 2 heterocycles. The van der Waals surface area contributed by atoms with Gasteiger partial charge in [0.05, 0.1) is 21.6 Å². The highest BCUT2D eigenvalue weighted by molar-refractivity contribution is 6.33. The molecule has 4 rings (SSSR count). The van der Waals surface area contributed by atoms with Gasteiger partial charge in [0.2, 0.25) is 5.91 Å². The molecule has 3 N–H and O–H groups in total. The number of anilines is 2. The standard InChI is InChI=1S/C17H16ClN5O/c1-23-14-5-4-11(7-13(14)22-17(23)9-2-3-9)21-16-12(18)6-10(8-20-16)15(19)24/h4-9H,2-3H2,1H3,(H2,19,24)(H,20,21). The molecule has 1 aliphatic carbocycles. The third-order valence-electron chi connectivity index (χ3n) is 4.25. The minimum atomic E-state index is -0.557. The summed E-state index contributed by atoms with van der Waals surface area (Å²) in [7, 11) is 2.05. The topological polar surface area (TPSA) is 85.8 Å². The van der Waals surface area contributed by atoms with Gasteiger partial charge in [-0.15, -0.1) is 0 Å². The van der Waals surface area contributed by atoms with Crippen LogP contribution in [0.25, 0.3) is 11.0 Å². The number of nitrogens with two attached hydrogens (primary N) is 1. The Morgan fingerprint density at radius 2 is 2.17 bits per heavy atom. The highest BCUT2D eigenvalue weighted by atomic mass is 35.5. The second-order valence-corrected chi connectivity index (χ2v) is 6.46. The average molecular weight is 342 g/mol. The second-order valence-electron chi connectivity index (χ2n) is 6.05. The smallest absolute Gasteiger partial charge is 0.250 e. The Morgan fingerprint density at radius 1 is 1.38 bits per heavy atom. The summed E-state index contributed by atoms with van der Waals surface area (Å²) in [6.45, 7) is 0. The maximum atomic E-state index is 11.2. The lowest BCUT2D eigenvalue weighted by atomic mass is 10.2. The van der Waals surface area contributed by atoms with Crippen LogP contribution in [0.5, 0.6) is 0 Å². The maximum Gasteiger partial charge on any atom is 0.250 e. The molecule has 0 unspecified atom stereocenters. The molecule has 1 aliphatic rings. The van der Waals surface area contributed by atoms with Crippen LogP contribution in [0.2, 0.25) is 5.02 Å². The number of rotatable bonds is 4. The van der Waals surface area contributed by atoms with Gasteiger partial charge in [0.15, 0.2) is 0 Å². The van der Waals surface area contributed by atoms with Crippen molar-refractivity contribution in [2.45, 2.75) is 18.8 Å². The lowest BCUT2D eigenvalue weighted by molar-refractivity contribution is 0.1000. The molecule has 24 heavy (non-hydrogen) atoms. The normalized spacial score (nSPS) is 14.1. The molecule has 1 fully saturated rings. The molecular formula is C17H16ClN5O. The van der Waals surface area contributed by atoms with Crippen LogP contribution in [-0.2, 0) is 7.05 Å². The number of benzene rings is 1. The van der Waals surface area contributed by atoms with Crippen LogP contribution in [0.3, 0.4) is 0 Å². The van der Waals surface area contributed by atoms with Crippen molar-refractivity contribution in [2.24, 2.45) is 12.8 Å². The molecule has 0 spiro atoms. The van der Waals surface area contributed by atoms with Gasteiger partial charge in [0.1, 0.15) is 11.6 Å². The van der Waals surface area contributed by atoms with Gasteiger partial charge in [-0.2, -0.15) is 0 Å². The Morgan fingerprint density at radius 3 is 2.83 bits per heavy atom. The number of amides is 1. The van der Waals surface area contributed by atoms with E-state index in [-0.39, 0.29) is 5.56 Å². The van der Waals surface area contributed by atoms with Crippen LogP contribution in [-0.4, -0.2) is 20.4 Å². The molecule has 0 radical (unpaired) electrons. The minimum absolute atomic E-state index is 0.278. The molecule has 122 valence electrons. The zero-order chi connectivity index (χ0) is 16.8. The van der Waals surface area contributed by atoms with E-state index in [0.717, 1.165) is 22.5 Å². The van der Waals surface area contributed by atoms with Crippen LogP contribution < -0.4 is 11.1 Å². The first-order chi connectivity index (χ1) is 11.5. The third-order valence-corrected chi connectivity index (χ3v) is 4.53. The number of aryl methyl sites for hydroxylation is 1. The van der Waals surface area contributed by atoms with Crippen molar-refractivity contribution < 1.29 is 4.79 Å². The van der Waals surface area contributed by atoms with Gasteiger partial charge in [-0.25, -0.2) is 9.97 Å². The first-order valence-corrected chi connectivity index (χ1v) is 8.09. The van der Waals surface area contributed by atoms with Gasteiger partial charge < -0.3 is 15.6 Å². The van der Waals surface area contributed by atoms with Crippen molar-refractivity contribution in [1.29, 1.82) is 0 Å². The summed E-state index contributed by atoms with van der Waals surface area (Å²) in [5.41, 5.74) is 8.38. The third kappa shape index (κ3) is 2.59. The molecule has 0 atom stereocenters. The van der Waals surface area contributed by atoms with Gasteiger partial charge >= 0.3 is 0 Å². The van der Waals surface area contributed by atoms with E-state index >= 15 is 0 Å². The number of nitrogens with one attached hydrogen (secondary N) is 1. The van der Waals surface area contributed by atoms with Crippen molar-refractivity contribution in [2.75, 3.05) is 5.32 Å². The maximum absolute atomic E-state index is 11.2. The lowest BCUT2D eigenvalue weighted by Crippen LogP contribution is -2.11. The summed E-state index contributed by atoms with van der Waals surface area (Å²) >= 11 is 6.17. The van der Waals surface area contributed by atoms with E-state index in [1.54, 1.807) is 0 Å². The van der Waals surface area contributed by atoms with Crippen molar-refractivity contribution in [3.8, 4) is 0 Å². The molecule has 0 saturated heterocycles. The van der Waals surface area contributed by atoms with E-state index in [1.165, 1.54) is 25.1 Å². The molecule has 7 heteroatoms. The number of carbonyl (C=O) groups excluding carboxylic acids is 1. The summed E-state index contributed by atoms with van der Waals surface area (Å²) in [6.07, 6.45) is 3.84. The predicted molar refractivity (Wildman–Crippen MR) is 93.7 cm³/mol. The largest absolute Gasteiger partial charge is 0.366 e. The van der Waals surface area contributed by atoms with E-state index in [0.29, 0.717) is 16.8 Å². The van der Waals surface area contributed by atoms with Crippen molar-refractivity contribution in [3.63, 3.8) is 0 Å². The van der Waals surface area contributed by atoms with Crippen molar-refractivity contribution in [1.82, 2.24) is 14.5 Å². The number of nitrogens with zero attached hydrogens (tertiary/aromatic N) is 3. The molecule has 1 amide bonds. The Hall–Kier alpha value is -2.60. The highest BCUT2D eigenvalue weighted by Crippen LogP contribution is 2.40. The number of pyridine rings is 1. The summed E-state index contributed by atoms with van der Waals surface area (Å²) in [5, 5.41) is 3.50. The Balaban J connectivity index is 1.66. The fraction of sp³-hybridized carbons (Fsp3) is 0.235. The van der Waals surface area contributed by atoms with Gasteiger partial charge in [-0.1, -0.05) is 11.6 Å². The second kappa shape index (κ2) is 5.49. The highest BCUT2D eigenvalue weighted by Gasteiger charge is 2.28. The number of imidazole rings is 1. The summed E-state index contributed by atoms with van der Waals surface area (Å²) < 4.78 is 2.16. The van der Waals surface area contributed by atoms with E-state index in [4.69, 9.17) is 22.3 Å². The number of carbonyl (C=O) groups is 1. The van der Waals surface area contributed by atoms with Gasteiger partial charge in [-0.3, -0.25) is 4.79 Å². The summed E-state index contributed by atoms with van der Waals surface area (Å²) in [4.78, 5) is 20.1. The average Bonchev–Trinajstić information content (AvgIpc) is 3.34. The quantitative estimate of drug-likeness (QED) is 0.762. The molecule has 0 aliphatic heterocycles. The molecular weight excluding hydrogens is 326 g/mol. The number of hydrogen-bond acceptors (Lipinski definition) is 4. The molecule has 1 saturated carbocycles. The number of primary amides is 1. The zero-order valence-electron chi connectivity index (χ0n) is 13.1. The van der Waals surface area contributed by atoms with Crippen molar-refractivity contribution >= 4 is 40.0 Å². The number of halogens is 1. The number of aromatic nitrogens is 3. The van der Waals surface area contributed by atoms with Crippen molar-refractivity contribution in [3.05, 3.63) is 46.9 Å². The van der Waals surface area contributed by atoms with Gasteiger partial charge in [0, 0.05) is 24.8 Å². The number of hydrogen-bond donors (Lipinski definition) is 2. The van der Waals surface area contributed by atoms with Gasteiger partial charge in [-0.05, 0) is 37.1 Å². The summed E-state index contributed by atoms with van der Waals surface area (Å²) in [5.74, 6) is 1.65. The van der Waals surface area contributed by atoms with E-state index in [2.05, 4.69) is 21.9 Å². The molecule has 1 aromatic carbocycles. The predicted octanol–water partition coefficient (Wildman–Crippen LogP) is 3.34. The minimum Gasteiger partial charge on any atom is -0.366 e. The summed E-state index contributed by atoms with van der Waals surface area (Å²) in [6, 6.07) is 7.47. The van der Waals surface area contributed by atoms with E-state index < -0.39 is 5.91 Å². The van der Waals surface area contributed by atoms with Crippen LogP contribution in [0.1, 0.15) is 34.9 Å². The molecule has 2 aromatic heterocycles. The fourth-order valence-electron chi connectivity index (χ4n) is 2.80. The number of fused-ring (bicyclic) bond motifs is 1. The van der Waals surface area contributed by atoms with Crippen LogP contribution in [0.15, 0.2) is 30.5 Å². The Bertz CT molecular complexity index is 961. The first-order valence-electron chi connectivity index (χ1n) is 7.71. The van der Waals surface area contributed by atoms with E-state index in [9.17, 15) is 4.79 Å². The molecule has 0 bridgehead atoms. The monoisotopic (exact) mass is 341 g/mol. The Labute approximate surface area is 143 Å². The lowest BCUT2D eigenvalue weighted by Gasteiger charge is -2.08. The Kier molecular flexibility index (Phi) is 3.42. The van der Waals surface area contributed by atoms with E-state index in [1.807, 2.05) is 18.2 Å². The molecule has 6 nitrogen and oxygen atoms in total. The van der Waals surface area contributed by atoms with Gasteiger partial charge in [0.25, 0.3) is 0 Å². The SMILES string of the molecule is Cn1c(C2CC2)nc2cc(Nc3ncc(C(N)=O)cc3Cl)ccc21.